The number of likely N-dealkylation sites (tertiary alicyclic amines) is 1. The van der Waals surface area contributed by atoms with Crippen LogP contribution in [-0.4, -0.2) is 53.4 Å². The second-order valence-corrected chi connectivity index (χ2v) is 7.28. The third-order valence-corrected chi connectivity index (χ3v) is 6.21. The van der Waals surface area contributed by atoms with Gasteiger partial charge in [-0.2, -0.15) is 0 Å². The van der Waals surface area contributed by atoms with Crippen LogP contribution in [0.25, 0.3) is 0 Å². The monoisotopic (exact) mass is 354 g/mol. The summed E-state index contributed by atoms with van der Waals surface area (Å²) in [4.78, 5) is 27.6. The highest BCUT2D eigenvalue weighted by atomic mass is 35.5. The molecule has 0 N–H and O–H groups in total. The molecule has 3 rings (SSSR count). The van der Waals surface area contributed by atoms with Crippen LogP contribution in [0.15, 0.2) is 24.3 Å². The third-order valence-electron chi connectivity index (χ3n) is 4.46. The third kappa shape index (κ3) is 3.02. The minimum Gasteiger partial charge on any atom is -0.497 e. The second-order valence-electron chi connectivity index (χ2n) is 5.68. The smallest absolute Gasteiger partial charge is 0.238 e. The molecule has 2 heterocycles. The Hall–Kier alpha value is -1.40. The lowest BCUT2D eigenvalue weighted by molar-refractivity contribution is -0.129. The maximum absolute atomic E-state index is 12.4. The van der Waals surface area contributed by atoms with Gasteiger partial charge in [-0.05, 0) is 37.1 Å². The number of rotatable bonds is 3. The van der Waals surface area contributed by atoms with Gasteiger partial charge in [0.2, 0.25) is 11.8 Å². The van der Waals surface area contributed by atoms with Gasteiger partial charge in [0, 0.05) is 18.8 Å². The molecule has 0 saturated carbocycles. The Labute approximate surface area is 144 Å². The number of halogens is 1. The molecule has 0 aliphatic carbocycles. The van der Waals surface area contributed by atoms with E-state index in [0.717, 1.165) is 24.3 Å². The molecule has 124 valence electrons. The fourth-order valence-corrected chi connectivity index (χ4v) is 4.72. The quantitative estimate of drug-likeness (QED) is 0.782. The van der Waals surface area contributed by atoms with Gasteiger partial charge in [0.05, 0.1) is 17.7 Å². The van der Waals surface area contributed by atoms with E-state index in [1.54, 1.807) is 23.8 Å². The molecule has 1 aromatic carbocycles. The maximum atomic E-state index is 12.4. The zero-order valence-electron chi connectivity index (χ0n) is 13.0. The molecule has 7 heteroatoms. The Morgan fingerprint density at radius 2 is 1.96 bits per heavy atom. The minimum absolute atomic E-state index is 0.0151. The molecule has 0 atom stereocenters. The van der Waals surface area contributed by atoms with Crippen molar-refractivity contribution in [3.63, 3.8) is 0 Å². The zero-order valence-corrected chi connectivity index (χ0v) is 14.5. The van der Waals surface area contributed by atoms with E-state index < -0.39 is 0 Å². The highest BCUT2D eigenvalue weighted by Gasteiger charge is 2.48. The number of hydrogen-bond acceptors (Lipinski definition) is 4. The van der Waals surface area contributed by atoms with Gasteiger partial charge in [-0.1, -0.05) is 0 Å². The summed E-state index contributed by atoms with van der Waals surface area (Å²) in [6, 6.07) is 7.57. The first-order chi connectivity index (χ1) is 11.1. The molecule has 23 heavy (non-hydrogen) atoms. The molecule has 2 saturated heterocycles. The Balaban J connectivity index is 1.81. The van der Waals surface area contributed by atoms with E-state index in [1.807, 2.05) is 29.2 Å². The number of carbonyl (C=O) groups excluding carboxylic acids is 2. The van der Waals surface area contributed by atoms with Gasteiger partial charge < -0.3 is 9.64 Å². The van der Waals surface area contributed by atoms with Gasteiger partial charge in [0.15, 0.2) is 0 Å². The number of thioether (sulfide) groups is 1. The summed E-state index contributed by atoms with van der Waals surface area (Å²) in [7, 11) is 1.62. The van der Waals surface area contributed by atoms with Crippen LogP contribution in [-0.2, 0) is 9.59 Å². The summed E-state index contributed by atoms with van der Waals surface area (Å²) in [5.41, 5.74) is 0.887. The van der Waals surface area contributed by atoms with Gasteiger partial charge in [-0.3, -0.25) is 14.5 Å². The van der Waals surface area contributed by atoms with E-state index in [9.17, 15) is 9.59 Å². The van der Waals surface area contributed by atoms with E-state index in [-0.39, 0.29) is 22.6 Å². The summed E-state index contributed by atoms with van der Waals surface area (Å²) in [6.07, 6.45) is 1.52. The molecule has 1 spiro atoms. The summed E-state index contributed by atoms with van der Waals surface area (Å²) in [5.74, 6) is 1.35. The predicted octanol–water partition coefficient (Wildman–Crippen LogP) is 2.33. The summed E-state index contributed by atoms with van der Waals surface area (Å²) >= 11 is 7.32. The van der Waals surface area contributed by atoms with Crippen LogP contribution in [0, 0.1) is 0 Å². The fourth-order valence-electron chi connectivity index (χ4n) is 3.22. The van der Waals surface area contributed by atoms with E-state index >= 15 is 0 Å². The zero-order chi connectivity index (χ0) is 16.4. The molecule has 0 unspecified atom stereocenters. The predicted molar refractivity (Wildman–Crippen MR) is 92.2 cm³/mol. The molecular weight excluding hydrogens is 336 g/mol. The van der Waals surface area contributed by atoms with Gasteiger partial charge >= 0.3 is 0 Å². The molecule has 0 bridgehead atoms. The van der Waals surface area contributed by atoms with Gasteiger partial charge in [-0.15, -0.1) is 23.4 Å². The number of amides is 2. The van der Waals surface area contributed by atoms with Crippen molar-refractivity contribution >= 4 is 40.9 Å². The standard InChI is InChI=1S/C16H19ClN2O3S/c1-22-13-4-2-12(3-5-13)19-15(21)11-23-16(19)6-8-18(9-7-16)14(20)10-17/h2-5H,6-11H2,1H3. The lowest BCUT2D eigenvalue weighted by Gasteiger charge is -2.43. The fraction of sp³-hybridized carbons (Fsp3) is 0.500. The van der Waals surface area contributed by atoms with Gasteiger partial charge in [0.1, 0.15) is 11.6 Å². The lowest BCUT2D eigenvalue weighted by Crippen LogP contribution is -2.53. The minimum atomic E-state index is -0.255. The molecule has 1 aromatic rings. The highest BCUT2D eigenvalue weighted by molar-refractivity contribution is 8.02. The van der Waals surface area contributed by atoms with E-state index in [0.29, 0.717) is 18.8 Å². The second kappa shape index (κ2) is 6.61. The molecular formula is C16H19ClN2O3S. The van der Waals surface area contributed by atoms with Crippen molar-refractivity contribution in [3.05, 3.63) is 24.3 Å². The van der Waals surface area contributed by atoms with Crippen LogP contribution in [0.5, 0.6) is 5.75 Å². The number of hydrogen-bond donors (Lipinski definition) is 0. The van der Waals surface area contributed by atoms with Crippen LogP contribution < -0.4 is 9.64 Å². The number of piperidine rings is 1. The van der Waals surface area contributed by atoms with Crippen molar-refractivity contribution in [3.8, 4) is 5.75 Å². The lowest BCUT2D eigenvalue weighted by atomic mass is 10.0. The largest absolute Gasteiger partial charge is 0.497 e. The van der Waals surface area contributed by atoms with Crippen LogP contribution in [0.4, 0.5) is 5.69 Å². The van der Waals surface area contributed by atoms with Gasteiger partial charge in [0.25, 0.3) is 0 Å². The molecule has 0 radical (unpaired) electrons. The topological polar surface area (TPSA) is 49.9 Å². The molecule has 2 aliphatic rings. The highest BCUT2D eigenvalue weighted by Crippen LogP contribution is 2.46. The van der Waals surface area contributed by atoms with Crippen molar-refractivity contribution < 1.29 is 14.3 Å². The van der Waals surface area contributed by atoms with Crippen molar-refractivity contribution in [2.24, 2.45) is 0 Å². The van der Waals surface area contributed by atoms with Crippen LogP contribution >= 0.6 is 23.4 Å². The number of alkyl halides is 1. The first-order valence-corrected chi connectivity index (χ1v) is 9.06. The average Bonchev–Trinajstić information content (AvgIpc) is 2.91. The Kier molecular flexibility index (Phi) is 4.73. The van der Waals surface area contributed by atoms with E-state index in [4.69, 9.17) is 16.3 Å². The number of carbonyl (C=O) groups is 2. The maximum Gasteiger partial charge on any atom is 0.238 e. The first kappa shape index (κ1) is 16.5. The summed E-state index contributed by atoms with van der Waals surface area (Å²) in [6.45, 7) is 1.27. The van der Waals surface area contributed by atoms with E-state index in [1.165, 1.54) is 0 Å². The van der Waals surface area contributed by atoms with Crippen molar-refractivity contribution in [2.75, 3.05) is 36.7 Å². The van der Waals surface area contributed by atoms with Crippen LogP contribution in [0.3, 0.4) is 0 Å². The normalized spacial score (nSPS) is 20.2. The molecule has 5 nitrogen and oxygen atoms in total. The SMILES string of the molecule is COc1ccc(N2C(=O)CSC23CCN(C(=O)CCl)CC3)cc1. The number of methoxy groups -OCH3 is 1. The number of ether oxygens (including phenoxy) is 1. The number of nitrogens with zero attached hydrogens (tertiary/aromatic N) is 2. The summed E-state index contributed by atoms with van der Waals surface area (Å²) in [5, 5.41) is 0. The number of benzene rings is 1. The number of anilines is 1. The van der Waals surface area contributed by atoms with Crippen molar-refractivity contribution in [1.82, 2.24) is 4.90 Å². The van der Waals surface area contributed by atoms with Crippen molar-refractivity contribution in [1.29, 1.82) is 0 Å². The average molecular weight is 355 g/mol. The van der Waals surface area contributed by atoms with Crippen molar-refractivity contribution in [2.45, 2.75) is 17.7 Å². The summed E-state index contributed by atoms with van der Waals surface area (Å²) < 4.78 is 5.18. The molecule has 2 fully saturated rings. The molecule has 0 aromatic heterocycles. The van der Waals surface area contributed by atoms with Crippen LogP contribution in [0.2, 0.25) is 0 Å². The first-order valence-electron chi connectivity index (χ1n) is 7.54. The van der Waals surface area contributed by atoms with Gasteiger partial charge in [-0.25, -0.2) is 0 Å². The molecule has 2 amide bonds. The Morgan fingerprint density at radius 1 is 1.30 bits per heavy atom. The Morgan fingerprint density at radius 3 is 2.52 bits per heavy atom. The van der Waals surface area contributed by atoms with E-state index in [2.05, 4.69) is 0 Å². The van der Waals surface area contributed by atoms with Crippen LogP contribution in [0.1, 0.15) is 12.8 Å². The Bertz CT molecular complexity index is 600. The molecule has 2 aliphatic heterocycles.